The molecule has 0 spiro atoms. The Kier molecular flexibility index (Phi) is 5.00. The minimum absolute atomic E-state index is 0.0846. The van der Waals surface area contributed by atoms with Gasteiger partial charge >= 0.3 is 0 Å². The fraction of sp³-hybridized carbons (Fsp3) is 0.105. The maximum absolute atomic E-state index is 13.7. The second-order valence-corrected chi connectivity index (χ2v) is 6.40. The third-order valence-electron chi connectivity index (χ3n) is 4.23. The summed E-state index contributed by atoms with van der Waals surface area (Å²) in [6, 6.07) is 8.49. The monoisotopic (exact) mass is 414 g/mol. The Bertz CT molecular complexity index is 1320. The Morgan fingerprint density at radius 1 is 1.07 bits per heavy atom. The number of carbonyl (C=O) groups is 1. The van der Waals surface area contributed by atoms with E-state index in [1.54, 1.807) is 12.1 Å². The summed E-state index contributed by atoms with van der Waals surface area (Å²) in [5, 5.41) is 9.86. The third-order valence-corrected chi connectivity index (χ3v) is 4.23. The van der Waals surface area contributed by atoms with Gasteiger partial charge in [0.1, 0.15) is 30.3 Å². The fourth-order valence-electron chi connectivity index (χ4n) is 2.85. The van der Waals surface area contributed by atoms with Crippen LogP contribution in [-0.4, -0.2) is 30.5 Å². The molecule has 8 nitrogen and oxygen atoms in total. The van der Waals surface area contributed by atoms with E-state index in [1.807, 2.05) is 0 Å². The van der Waals surface area contributed by atoms with Gasteiger partial charge in [-0.25, -0.2) is 22.8 Å². The summed E-state index contributed by atoms with van der Waals surface area (Å²) in [5.41, 5.74) is -0.302. The first-order valence-electron chi connectivity index (χ1n) is 8.68. The molecule has 152 valence electrons. The van der Waals surface area contributed by atoms with E-state index >= 15 is 0 Å². The zero-order valence-electron chi connectivity index (χ0n) is 15.2. The number of hydrogen-bond acceptors (Lipinski definition) is 5. The molecule has 0 saturated carbocycles. The molecule has 0 aliphatic carbocycles. The lowest BCUT2D eigenvalue weighted by Crippen LogP contribution is -2.28. The van der Waals surface area contributed by atoms with Crippen molar-refractivity contribution in [3.05, 3.63) is 82.2 Å². The fourth-order valence-corrected chi connectivity index (χ4v) is 2.85. The number of nitrogens with one attached hydrogen (secondary N) is 1. The van der Waals surface area contributed by atoms with Crippen molar-refractivity contribution in [1.82, 2.24) is 24.5 Å². The van der Waals surface area contributed by atoms with Gasteiger partial charge in [0, 0.05) is 6.07 Å². The van der Waals surface area contributed by atoms with Gasteiger partial charge in [-0.3, -0.25) is 14.2 Å². The van der Waals surface area contributed by atoms with Crippen LogP contribution in [0.2, 0.25) is 0 Å². The van der Waals surface area contributed by atoms with Crippen LogP contribution in [0.25, 0.3) is 11.2 Å². The smallest absolute Gasteiger partial charge is 0.283 e. The molecule has 0 bridgehead atoms. The highest BCUT2D eigenvalue weighted by Gasteiger charge is 2.15. The van der Waals surface area contributed by atoms with Crippen molar-refractivity contribution in [2.24, 2.45) is 0 Å². The molecule has 0 aliphatic rings. The molecule has 0 unspecified atom stereocenters. The maximum Gasteiger partial charge on any atom is 0.283 e. The summed E-state index contributed by atoms with van der Waals surface area (Å²) < 4.78 is 42.5. The zero-order chi connectivity index (χ0) is 21.3. The summed E-state index contributed by atoms with van der Waals surface area (Å²) in [6.45, 7) is -0.349. The summed E-state index contributed by atoms with van der Waals surface area (Å²) in [5.74, 6) is -2.70. The van der Waals surface area contributed by atoms with Crippen LogP contribution in [0.15, 0.2) is 53.6 Å². The first kappa shape index (κ1) is 19.3. The van der Waals surface area contributed by atoms with Gasteiger partial charge in [-0.15, -0.1) is 5.10 Å². The van der Waals surface area contributed by atoms with Crippen LogP contribution in [0.3, 0.4) is 0 Å². The van der Waals surface area contributed by atoms with Crippen LogP contribution < -0.4 is 10.9 Å². The van der Waals surface area contributed by atoms with Crippen molar-refractivity contribution in [2.75, 3.05) is 5.32 Å². The van der Waals surface area contributed by atoms with Crippen molar-refractivity contribution in [3.63, 3.8) is 0 Å². The largest absolute Gasteiger partial charge is 0.322 e. The summed E-state index contributed by atoms with van der Waals surface area (Å²) >= 11 is 0. The average molecular weight is 414 g/mol. The highest BCUT2D eigenvalue weighted by Crippen LogP contribution is 2.15. The Morgan fingerprint density at radius 2 is 1.87 bits per heavy atom. The van der Waals surface area contributed by atoms with E-state index in [2.05, 4.69) is 20.6 Å². The van der Waals surface area contributed by atoms with E-state index in [-0.39, 0.29) is 23.4 Å². The summed E-state index contributed by atoms with van der Waals surface area (Å²) in [7, 11) is 0. The third kappa shape index (κ3) is 3.90. The first-order chi connectivity index (χ1) is 14.4. The molecule has 0 fully saturated rings. The van der Waals surface area contributed by atoms with Crippen LogP contribution in [0.4, 0.5) is 18.9 Å². The van der Waals surface area contributed by atoms with Crippen molar-refractivity contribution >= 4 is 22.8 Å². The maximum atomic E-state index is 13.7. The predicted molar refractivity (Wildman–Crippen MR) is 100 cm³/mol. The molecule has 2 heterocycles. The van der Waals surface area contributed by atoms with Gasteiger partial charge in [-0.1, -0.05) is 17.3 Å². The highest BCUT2D eigenvalue weighted by molar-refractivity contribution is 5.90. The Balaban J connectivity index is 1.56. The standard InChI is InChI=1S/C19H13F3N6O2/c20-12-3-1-2-11(6-12)8-28-18-17(25-26-28)19(30)27(10-23-18)9-16(29)24-15-7-13(21)4-5-14(15)22/h1-7,10H,8-9H2,(H,24,29). The van der Waals surface area contributed by atoms with Crippen LogP contribution in [0, 0.1) is 17.5 Å². The first-order valence-corrected chi connectivity index (χ1v) is 8.68. The number of halogens is 3. The van der Waals surface area contributed by atoms with Gasteiger partial charge < -0.3 is 5.32 Å². The second kappa shape index (κ2) is 7.78. The van der Waals surface area contributed by atoms with Crippen LogP contribution in [0.1, 0.15) is 5.56 Å². The quantitative estimate of drug-likeness (QED) is 0.540. The van der Waals surface area contributed by atoms with Gasteiger partial charge in [0.05, 0.1) is 12.2 Å². The Morgan fingerprint density at radius 3 is 2.67 bits per heavy atom. The molecule has 1 amide bonds. The number of amides is 1. The van der Waals surface area contributed by atoms with E-state index in [1.165, 1.54) is 16.8 Å². The predicted octanol–water partition coefficient (Wildman–Crippen LogP) is 2.09. The molecule has 0 radical (unpaired) electrons. The molecule has 11 heteroatoms. The number of fused-ring (bicyclic) bond motifs is 1. The van der Waals surface area contributed by atoms with Gasteiger partial charge in [0.25, 0.3) is 5.56 Å². The minimum Gasteiger partial charge on any atom is -0.322 e. The molecular formula is C19H13F3N6O2. The number of hydrogen-bond donors (Lipinski definition) is 1. The lowest BCUT2D eigenvalue weighted by Gasteiger charge is -2.08. The van der Waals surface area contributed by atoms with E-state index in [9.17, 15) is 22.8 Å². The number of carbonyl (C=O) groups excluding carboxylic acids is 1. The minimum atomic E-state index is -0.814. The molecule has 0 saturated heterocycles. The van der Waals surface area contributed by atoms with Gasteiger partial charge in [0.2, 0.25) is 5.91 Å². The van der Waals surface area contributed by atoms with Crippen molar-refractivity contribution < 1.29 is 18.0 Å². The molecule has 0 atom stereocenters. The molecule has 30 heavy (non-hydrogen) atoms. The molecule has 4 rings (SSSR count). The molecule has 0 aliphatic heterocycles. The van der Waals surface area contributed by atoms with Crippen molar-refractivity contribution in [2.45, 2.75) is 13.1 Å². The number of nitrogens with zero attached hydrogens (tertiary/aromatic N) is 5. The molecular weight excluding hydrogens is 401 g/mol. The molecule has 1 N–H and O–H groups in total. The van der Waals surface area contributed by atoms with E-state index in [0.717, 1.165) is 29.1 Å². The number of benzene rings is 2. The molecule has 2 aromatic heterocycles. The van der Waals surface area contributed by atoms with Gasteiger partial charge in [-0.2, -0.15) is 0 Å². The average Bonchev–Trinajstić information content (AvgIpc) is 3.10. The summed E-state index contributed by atoms with van der Waals surface area (Å²) in [6.07, 6.45) is 1.12. The number of rotatable bonds is 5. The Labute approximate surface area is 166 Å². The molecule has 2 aromatic carbocycles. The highest BCUT2D eigenvalue weighted by atomic mass is 19.1. The zero-order valence-corrected chi connectivity index (χ0v) is 15.2. The number of aromatic nitrogens is 5. The van der Waals surface area contributed by atoms with Crippen LogP contribution >= 0.6 is 0 Å². The van der Waals surface area contributed by atoms with E-state index in [4.69, 9.17) is 0 Å². The normalized spacial score (nSPS) is 11.0. The number of anilines is 1. The van der Waals surface area contributed by atoms with Crippen LogP contribution in [-0.2, 0) is 17.9 Å². The second-order valence-electron chi connectivity index (χ2n) is 6.40. The molecule has 4 aromatic rings. The summed E-state index contributed by atoms with van der Waals surface area (Å²) in [4.78, 5) is 28.8. The van der Waals surface area contributed by atoms with Crippen molar-refractivity contribution in [1.29, 1.82) is 0 Å². The van der Waals surface area contributed by atoms with Gasteiger partial charge in [-0.05, 0) is 29.8 Å². The van der Waals surface area contributed by atoms with Gasteiger partial charge in [0.15, 0.2) is 11.2 Å². The topological polar surface area (TPSA) is 94.7 Å². The van der Waals surface area contributed by atoms with Crippen molar-refractivity contribution in [3.8, 4) is 0 Å². The Hall–Kier alpha value is -4.02. The SMILES string of the molecule is O=C(Cn1cnc2c(nnn2Cc2cccc(F)c2)c1=O)Nc1cc(F)ccc1F. The van der Waals surface area contributed by atoms with E-state index < -0.39 is 35.5 Å². The lowest BCUT2D eigenvalue weighted by atomic mass is 10.2. The van der Waals surface area contributed by atoms with Crippen LogP contribution in [0.5, 0.6) is 0 Å². The lowest BCUT2D eigenvalue weighted by molar-refractivity contribution is -0.116. The van der Waals surface area contributed by atoms with E-state index in [0.29, 0.717) is 5.56 Å².